The molecule has 0 spiro atoms. The highest BCUT2D eigenvalue weighted by Gasteiger charge is 2.13. The summed E-state index contributed by atoms with van der Waals surface area (Å²) in [5, 5.41) is 2.10. The van der Waals surface area contributed by atoms with Gasteiger partial charge in [-0.05, 0) is 22.5 Å². The number of aromatic nitrogens is 1. The van der Waals surface area contributed by atoms with E-state index in [0.717, 1.165) is 0 Å². The normalized spacial score (nSPS) is 10.3. The van der Waals surface area contributed by atoms with Crippen molar-refractivity contribution in [3.05, 3.63) is 17.1 Å². The van der Waals surface area contributed by atoms with E-state index in [1.807, 2.05) is 20.0 Å². The second-order valence-electron chi connectivity index (χ2n) is 3.16. The molecule has 1 aromatic heterocycles. The van der Waals surface area contributed by atoms with Crippen LogP contribution in [0.25, 0.3) is 0 Å². The van der Waals surface area contributed by atoms with Crippen LogP contribution in [0.2, 0.25) is 0 Å². The molecule has 0 saturated carbocycles. The van der Waals surface area contributed by atoms with E-state index in [1.165, 1.54) is 17.1 Å². The van der Waals surface area contributed by atoms with Gasteiger partial charge in [0.25, 0.3) is 0 Å². The summed E-state index contributed by atoms with van der Waals surface area (Å²) in [6.45, 7) is 10.6. The first-order chi connectivity index (χ1) is 5.11. The van der Waals surface area contributed by atoms with E-state index in [4.69, 9.17) is 0 Å². The van der Waals surface area contributed by atoms with E-state index in [-0.39, 0.29) is 5.41 Å². The Balaban J connectivity index is 0.000000461. The number of rotatable bonds is 0. The average molecular weight is 171 g/mol. The molecule has 11 heavy (non-hydrogen) atoms. The van der Waals surface area contributed by atoms with Crippen molar-refractivity contribution in [2.24, 2.45) is 0 Å². The summed E-state index contributed by atoms with van der Waals surface area (Å²) < 4.78 is 4.03. The summed E-state index contributed by atoms with van der Waals surface area (Å²) in [6, 6.07) is 0. The zero-order chi connectivity index (χ0) is 8.91. The highest BCUT2D eigenvalue weighted by atomic mass is 32.1. The van der Waals surface area contributed by atoms with Gasteiger partial charge in [-0.2, -0.15) is 0 Å². The van der Waals surface area contributed by atoms with Crippen molar-refractivity contribution < 1.29 is 0 Å². The van der Waals surface area contributed by atoms with Crippen molar-refractivity contribution in [2.75, 3.05) is 0 Å². The third-order valence-corrected chi connectivity index (χ3v) is 1.88. The molecule has 0 saturated heterocycles. The highest BCUT2D eigenvalue weighted by molar-refractivity contribution is 7.03. The van der Waals surface area contributed by atoms with Crippen LogP contribution in [0.15, 0.2) is 11.6 Å². The molecule has 0 aliphatic carbocycles. The van der Waals surface area contributed by atoms with Gasteiger partial charge in [-0.15, -0.1) is 0 Å². The highest BCUT2D eigenvalue weighted by Crippen LogP contribution is 2.21. The van der Waals surface area contributed by atoms with Gasteiger partial charge in [0.05, 0.1) is 0 Å². The second kappa shape index (κ2) is 4.50. The summed E-state index contributed by atoms with van der Waals surface area (Å²) in [6.07, 6.45) is 1.94. The summed E-state index contributed by atoms with van der Waals surface area (Å²) in [5.74, 6) is 0. The van der Waals surface area contributed by atoms with Crippen molar-refractivity contribution in [2.45, 2.75) is 40.0 Å². The van der Waals surface area contributed by atoms with Gasteiger partial charge in [0.15, 0.2) is 0 Å². The molecule has 0 unspecified atom stereocenters. The quantitative estimate of drug-likeness (QED) is 0.582. The standard InChI is InChI=1S/C7H11NS.C2H6/c1-7(2,3)6-4-8-9-5-6;1-2/h4-5H,1-3H3;1-2H3. The minimum atomic E-state index is 0.271. The van der Waals surface area contributed by atoms with E-state index in [9.17, 15) is 0 Å². The van der Waals surface area contributed by atoms with E-state index >= 15 is 0 Å². The predicted molar refractivity (Wildman–Crippen MR) is 52.2 cm³/mol. The maximum absolute atomic E-state index is 4.03. The number of hydrogen-bond acceptors (Lipinski definition) is 2. The van der Waals surface area contributed by atoms with E-state index in [1.54, 1.807) is 0 Å². The lowest BCUT2D eigenvalue weighted by atomic mass is 9.90. The van der Waals surface area contributed by atoms with Gasteiger partial charge >= 0.3 is 0 Å². The zero-order valence-corrected chi connectivity index (χ0v) is 8.83. The Labute approximate surface area is 73.6 Å². The summed E-state index contributed by atoms with van der Waals surface area (Å²) >= 11 is 1.52. The summed E-state index contributed by atoms with van der Waals surface area (Å²) in [5.41, 5.74) is 1.60. The minimum absolute atomic E-state index is 0.271. The Kier molecular flexibility index (Phi) is 4.34. The monoisotopic (exact) mass is 171 g/mol. The van der Waals surface area contributed by atoms with Crippen LogP contribution in [0.3, 0.4) is 0 Å². The topological polar surface area (TPSA) is 12.9 Å². The van der Waals surface area contributed by atoms with E-state index in [0.29, 0.717) is 0 Å². The van der Waals surface area contributed by atoms with Gasteiger partial charge in [-0.1, -0.05) is 34.6 Å². The Morgan fingerprint density at radius 2 is 1.82 bits per heavy atom. The molecule has 0 aliphatic heterocycles. The third kappa shape index (κ3) is 3.51. The molecule has 0 aromatic carbocycles. The first kappa shape index (κ1) is 10.6. The SMILES string of the molecule is CC.CC(C)(C)c1cnsc1. The van der Waals surface area contributed by atoms with Gasteiger partial charge in [0, 0.05) is 11.6 Å². The van der Waals surface area contributed by atoms with Crippen LogP contribution in [0.4, 0.5) is 0 Å². The smallest absolute Gasteiger partial charge is 0.0444 e. The molecule has 0 radical (unpaired) electrons. The minimum Gasteiger partial charge on any atom is -0.201 e. The lowest BCUT2D eigenvalue weighted by molar-refractivity contribution is 0.591. The van der Waals surface area contributed by atoms with Crippen molar-refractivity contribution in [1.29, 1.82) is 0 Å². The van der Waals surface area contributed by atoms with Crippen LogP contribution in [0.5, 0.6) is 0 Å². The molecule has 0 bridgehead atoms. The molecule has 0 fully saturated rings. The summed E-state index contributed by atoms with van der Waals surface area (Å²) in [4.78, 5) is 0. The molecule has 0 N–H and O–H groups in total. The lowest BCUT2D eigenvalue weighted by Crippen LogP contribution is -2.08. The Hall–Kier alpha value is -0.370. The van der Waals surface area contributed by atoms with Gasteiger partial charge in [-0.25, -0.2) is 4.37 Å². The van der Waals surface area contributed by atoms with Gasteiger partial charge in [0.2, 0.25) is 0 Å². The molecule has 1 aromatic rings. The fourth-order valence-electron chi connectivity index (χ4n) is 0.575. The molecule has 1 rings (SSSR count). The molecule has 0 aliphatic rings. The van der Waals surface area contributed by atoms with Crippen LogP contribution >= 0.6 is 11.5 Å². The molecule has 0 amide bonds. The Bertz CT molecular complexity index is 172. The average Bonchev–Trinajstić information content (AvgIpc) is 2.40. The molecule has 1 heterocycles. The second-order valence-corrected chi connectivity index (χ2v) is 3.82. The lowest BCUT2D eigenvalue weighted by Gasteiger charge is -2.14. The summed E-state index contributed by atoms with van der Waals surface area (Å²) in [7, 11) is 0. The maximum atomic E-state index is 4.03. The Morgan fingerprint density at radius 1 is 1.27 bits per heavy atom. The molecule has 0 atom stereocenters. The van der Waals surface area contributed by atoms with Gasteiger partial charge in [0.1, 0.15) is 0 Å². The largest absolute Gasteiger partial charge is 0.201 e. The van der Waals surface area contributed by atoms with Gasteiger partial charge in [-0.3, -0.25) is 0 Å². The van der Waals surface area contributed by atoms with Crippen LogP contribution in [0.1, 0.15) is 40.2 Å². The fraction of sp³-hybridized carbons (Fsp3) is 0.667. The zero-order valence-electron chi connectivity index (χ0n) is 8.01. The molecular formula is C9H17NS. The molecule has 1 nitrogen and oxygen atoms in total. The van der Waals surface area contributed by atoms with E-state index < -0.39 is 0 Å². The fourth-order valence-corrected chi connectivity index (χ4v) is 1.34. The first-order valence-electron chi connectivity index (χ1n) is 4.00. The van der Waals surface area contributed by atoms with Crippen molar-refractivity contribution in [3.63, 3.8) is 0 Å². The molecular weight excluding hydrogens is 154 g/mol. The van der Waals surface area contributed by atoms with Crippen LogP contribution in [-0.4, -0.2) is 4.37 Å². The van der Waals surface area contributed by atoms with Gasteiger partial charge < -0.3 is 0 Å². The van der Waals surface area contributed by atoms with Crippen LogP contribution in [0, 0.1) is 0 Å². The van der Waals surface area contributed by atoms with Crippen molar-refractivity contribution in [3.8, 4) is 0 Å². The van der Waals surface area contributed by atoms with E-state index in [2.05, 4.69) is 30.5 Å². The van der Waals surface area contributed by atoms with Crippen molar-refractivity contribution in [1.82, 2.24) is 4.37 Å². The molecule has 64 valence electrons. The third-order valence-electron chi connectivity index (χ3n) is 1.30. The van der Waals surface area contributed by atoms with Crippen LogP contribution in [-0.2, 0) is 5.41 Å². The Morgan fingerprint density at radius 3 is 2.00 bits per heavy atom. The number of nitrogens with zero attached hydrogens (tertiary/aromatic N) is 1. The first-order valence-corrected chi connectivity index (χ1v) is 4.84. The predicted octanol–water partition coefficient (Wildman–Crippen LogP) is 3.47. The number of hydrogen-bond donors (Lipinski definition) is 0. The maximum Gasteiger partial charge on any atom is 0.0444 e. The van der Waals surface area contributed by atoms with Crippen LogP contribution < -0.4 is 0 Å². The van der Waals surface area contributed by atoms with Crippen molar-refractivity contribution >= 4 is 11.5 Å². The molecule has 2 heteroatoms.